The molecule has 31 heavy (non-hydrogen) atoms. The lowest BCUT2D eigenvalue weighted by Crippen LogP contribution is -2.51. The molecule has 0 saturated carbocycles. The Bertz CT molecular complexity index is 1020. The van der Waals surface area contributed by atoms with E-state index in [4.69, 9.17) is 11.5 Å². The second kappa shape index (κ2) is 8.56. The lowest BCUT2D eigenvalue weighted by Gasteiger charge is -2.34. The SMILES string of the molecule is CC(C)(O)CNc1cc(C(N)=O)nc(N2CCN(c3cccc(C(N)=O)c3)C(=O)C2)n1. The molecule has 0 bridgehead atoms. The third-order valence-electron chi connectivity index (χ3n) is 4.61. The van der Waals surface area contributed by atoms with Crippen molar-refractivity contribution in [2.75, 3.05) is 41.3 Å². The minimum atomic E-state index is -1.00. The van der Waals surface area contributed by atoms with Gasteiger partial charge in [0.2, 0.25) is 17.8 Å². The van der Waals surface area contributed by atoms with Gasteiger partial charge in [0.25, 0.3) is 5.91 Å². The molecule has 11 nitrogen and oxygen atoms in total. The summed E-state index contributed by atoms with van der Waals surface area (Å²) in [6.45, 7) is 4.11. The summed E-state index contributed by atoms with van der Waals surface area (Å²) < 4.78 is 0. The summed E-state index contributed by atoms with van der Waals surface area (Å²) in [5.74, 6) is -1.05. The van der Waals surface area contributed by atoms with Crippen LogP contribution >= 0.6 is 0 Å². The third-order valence-corrected chi connectivity index (χ3v) is 4.61. The number of anilines is 3. The van der Waals surface area contributed by atoms with Crippen molar-refractivity contribution in [3.63, 3.8) is 0 Å². The van der Waals surface area contributed by atoms with E-state index in [1.807, 2.05) is 0 Å². The molecule has 0 aliphatic carbocycles. The number of hydrogen-bond acceptors (Lipinski definition) is 8. The predicted molar refractivity (Wildman–Crippen MR) is 115 cm³/mol. The Hall–Kier alpha value is -3.73. The first-order chi connectivity index (χ1) is 14.5. The number of aromatic nitrogens is 2. The highest BCUT2D eigenvalue weighted by molar-refractivity contribution is 6.00. The van der Waals surface area contributed by atoms with Crippen LogP contribution in [0.1, 0.15) is 34.7 Å². The van der Waals surface area contributed by atoms with E-state index >= 15 is 0 Å². The number of carbonyl (C=O) groups excluding carboxylic acids is 3. The van der Waals surface area contributed by atoms with Gasteiger partial charge in [-0.05, 0) is 32.0 Å². The monoisotopic (exact) mass is 427 g/mol. The van der Waals surface area contributed by atoms with Gasteiger partial charge in [-0.25, -0.2) is 4.98 Å². The van der Waals surface area contributed by atoms with E-state index in [1.54, 1.807) is 47.9 Å². The van der Waals surface area contributed by atoms with Crippen LogP contribution in [-0.4, -0.2) is 64.6 Å². The van der Waals surface area contributed by atoms with E-state index in [9.17, 15) is 19.5 Å². The van der Waals surface area contributed by atoms with Crippen molar-refractivity contribution in [1.82, 2.24) is 9.97 Å². The molecule has 1 aliphatic heterocycles. The van der Waals surface area contributed by atoms with Crippen LogP contribution in [-0.2, 0) is 4.79 Å². The summed E-state index contributed by atoms with van der Waals surface area (Å²) in [6.07, 6.45) is 0. The number of nitrogens with two attached hydrogens (primary N) is 2. The van der Waals surface area contributed by atoms with E-state index in [0.717, 1.165) is 0 Å². The van der Waals surface area contributed by atoms with Crippen molar-refractivity contribution in [1.29, 1.82) is 0 Å². The Kier molecular flexibility index (Phi) is 6.07. The van der Waals surface area contributed by atoms with Crippen molar-refractivity contribution >= 4 is 35.2 Å². The second-order valence-corrected chi connectivity index (χ2v) is 7.85. The van der Waals surface area contributed by atoms with E-state index in [0.29, 0.717) is 30.2 Å². The van der Waals surface area contributed by atoms with E-state index < -0.39 is 17.4 Å². The molecule has 3 amide bonds. The number of carbonyl (C=O) groups is 3. The van der Waals surface area contributed by atoms with Gasteiger partial charge in [-0.15, -0.1) is 0 Å². The Morgan fingerprint density at radius 3 is 2.52 bits per heavy atom. The molecule has 164 valence electrons. The molecule has 0 unspecified atom stereocenters. The van der Waals surface area contributed by atoms with Gasteiger partial charge < -0.3 is 31.7 Å². The van der Waals surface area contributed by atoms with Crippen LogP contribution in [0.4, 0.5) is 17.5 Å². The van der Waals surface area contributed by atoms with Crippen LogP contribution in [0.25, 0.3) is 0 Å². The maximum Gasteiger partial charge on any atom is 0.267 e. The molecule has 0 atom stereocenters. The smallest absolute Gasteiger partial charge is 0.267 e. The van der Waals surface area contributed by atoms with Crippen molar-refractivity contribution in [3.05, 3.63) is 41.6 Å². The number of rotatable bonds is 7. The van der Waals surface area contributed by atoms with Crippen LogP contribution in [0.3, 0.4) is 0 Å². The maximum atomic E-state index is 12.8. The zero-order valence-electron chi connectivity index (χ0n) is 17.3. The summed E-state index contributed by atoms with van der Waals surface area (Å²) in [6, 6.07) is 7.93. The fourth-order valence-corrected chi connectivity index (χ4v) is 3.04. The van der Waals surface area contributed by atoms with Gasteiger partial charge in [0, 0.05) is 37.0 Å². The molecule has 1 aromatic heterocycles. The summed E-state index contributed by atoms with van der Waals surface area (Å²) in [5.41, 5.74) is 10.6. The van der Waals surface area contributed by atoms with Gasteiger partial charge in [0.1, 0.15) is 18.1 Å². The number of piperazine rings is 1. The second-order valence-electron chi connectivity index (χ2n) is 7.85. The molecule has 1 aliphatic rings. The molecule has 2 aromatic rings. The van der Waals surface area contributed by atoms with Crippen molar-refractivity contribution in [2.24, 2.45) is 11.5 Å². The highest BCUT2D eigenvalue weighted by atomic mass is 16.3. The molecule has 3 rings (SSSR count). The third kappa shape index (κ3) is 5.45. The van der Waals surface area contributed by atoms with E-state index in [1.165, 1.54) is 6.07 Å². The summed E-state index contributed by atoms with van der Waals surface area (Å²) >= 11 is 0. The van der Waals surface area contributed by atoms with Crippen LogP contribution in [0.2, 0.25) is 0 Å². The number of hydrogen-bond donors (Lipinski definition) is 4. The summed E-state index contributed by atoms with van der Waals surface area (Å²) in [7, 11) is 0. The first-order valence-corrected chi connectivity index (χ1v) is 9.64. The predicted octanol–water partition coefficient (Wildman–Crippen LogP) is -0.290. The topological polar surface area (TPSA) is 168 Å². The fraction of sp³-hybridized carbons (Fsp3) is 0.350. The molecule has 6 N–H and O–H groups in total. The lowest BCUT2D eigenvalue weighted by atomic mass is 10.1. The normalized spacial score (nSPS) is 14.5. The Morgan fingerprint density at radius 1 is 1.16 bits per heavy atom. The number of aliphatic hydroxyl groups is 1. The summed E-state index contributed by atoms with van der Waals surface area (Å²) in [5, 5.41) is 12.9. The highest BCUT2D eigenvalue weighted by Crippen LogP contribution is 2.22. The molecular formula is C20H25N7O4. The van der Waals surface area contributed by atoms with Gasteiger partial charge in [-0.1, -0.05) is 6.07 Å². The molecule has 1 saturated heterocycles. The quantitative estimate of drug-likeness (QED) is 0.467. The zero-order chi connectivity index (χ0) is 22.8. The van der Waals surface area contributed by atoms with Gasteiger partial charge in [0.05, 0.1) is 5.60 Å². The number of nitrogens with zero attached hydrogens (tertiary/aromatic N) is 4. The lowest BCUT2D eigenvalue weighted by molar-refractivity contribution is -0.117. The molecule has 1 aromatic carbocycles. The maximum absolute atomic E-state index is 12.8. The Morgan fingerprint density at radius 2 is 1.90 bits per heavy atom. The zero-order valence-corrected chi connectivity index (χ0v) is 17.3. The molecule has 0 radical (unpaired) electrons. The molecule has 1 fully saturated rings. The average molecular weight is 427 g/mol. The van der Waals surface area contributed by atoms with Crippen LogP contribution in [0.5, 0.6) is 0 Å². The Balaban J connectivity index is 1.81. The molecule has 11 heteroatoms. The minimum Gasteiger partial charge on any atom is -0.389 e. The van der Waals surface area contributed by atoms with Crippen LogP contribution in [0, 0.1) is 0 Å². The number of nitrogens with one attached hydrogen (secondary N) is 1. The van der Waals surface area contributed by atoms with Crippen LogP contribution in [0.15, 0.2) is 30.3 Å². The Labute approximate surface area is 179 Å². The largest absolute Gasteiger partial charge is 0.389 e. The highest BCUT2D eigenvalue weighted by Gasteiger charge is 2.28. The van der Waals surface area contributed by atoms with Crippen LogP contribution < -0.4 is 26.6 Å². The standard InChI is InChI=1S/C20H25N7O4/c1-20(2,31)11-23-15-9-14(18(22)30)24-19(25-15)26-6-7-27(16(28)10-26)13-5-3-4-12(8-13)17(21)29/h3-5,8-9,31H,6-7,10-11H2,1-2H3,(H2,21,29)(H2,22,30)(H,23,24,25). The number of primary amides is 2. The van der Waals surface area contributed by atoms with Crippen molar-refractivity contribution in [3.8, 4) is 0 Å². The van der Waals surface area contributed by atoms with Gasteiger partial charge in [-0.3, -0.25) is 14.4 Å². The molecule has 0 spiro atoms. The van der Waals surface area contributed by atoms with E-state index in [-0.39, 0.29) is 30.6 Å². The van der Waals surface area contributed by atoms with Crippen molar-refractivity contribution < 1.29 is 19.5 Å². The van der Waals surface area contributed by atoms with Gasteiger partial charge >= 0.3 is 0 Å². The van der Waals surface area contributed by atoms with Gasteiger partial charge in [-0.2, -0.15) is 4.98 Å². The summed E-state index contributed by atoms with van der Waals surface area (Å²) in [4.78, 5) is 47.6. The minimum absolute atomic E-state index is 0.00714. The van der Waals surface area contributed by atoms with E-state index in [2.05, 4.69) is 15.3 Å². The average Bonchev–Trinajstić information content (AvgIpc) is 2.71. The first kappa shape index (κ1) is 22.0. The first-order valence-electron chi connectivity index (χ1n) is 9.64. The van der Waals surface area contributed by atoms with Gasteiger partial charge in [0.15, 0.2) is 0 Å². The van der Waals surface area contributed by atoms with Crippen molar-refractivity contribution in [2.45, 2.75) is 19.4 Å². The molecule has 2 heterocycles. The molecular weight excluding hydrogens is 402 g/mol. The fourth-order valence-electron chi connectivity index (χ4n) is 3.04. The number of amides is 3. The number of benzene rings is 1.